The third kappa shape index (κ3) is 1.91. The number of hydrogen-bond donors (Lipinski definition) is 3. The Morgan fingerprint density at radius 1 is 1.54 bits per heavy atom. The van der Waals surface area contributed by atoms with E-state index >= 15 is 0 Å². The van der Waals surface area contributed by atoms with E-state index in [4.69, 9.17) is 22.4 Å². The predicted molar refractivity (Wildman–Crippen MR) is 47.1 cm³/mol. The molecule has 1 atom stereocenters. The minimum absolute atomic E-state index is 0.0316. The molecular formula is C8H9ClFNO2. The van der Waals surface area contributed by atoms with E-state index in [9.17, 15) is 9.50 Å². The second-order valence-electron chi connectivity index (χ2n) is 2.58. The molecular weight excluding hydrogens is 197 g/mol. The van der Waals surface area contributed by atoms with Gasteiger partial charge in [-0.1, -0.05) is 11.6 Å². The van der Waals surface area contributed by atoms with Gasteiger partial charge in [-0.15, -0.1) is 0 Å². The van der Waals surface area contributed by atoms with Gasteiger partial charge in [0.15, 0.2) is 0 Å². The van der Waals surface area contributed by atoms with Gasteiger partial charge in [0.25, 0.3) is 0 Å². The van der Waals surface area contributed by atoms with Crippen molar-refractivity contribution in [3.63, 3.8) is 0 Å². The molecule has 72 valence electrons. The lowest BCUT2D eigenvalue weighted by Crippen LogP contribution is -2.15. The van der Waals surface area contributed by atoms with Crippen molar-refractivity contribution in [2.75, 3.05) is 6.61 Å². The van der Waals surface area contributed by atoms with E-state index in [-0.39, 0.29) is 16.3 Å². The molecule has 0 heterocycles. The van der Waals surface area contributed by atoms with Crippen molar-refractivity contribution in [1.29, 1.82) is 0 Å². The average molecular weight is 206 g/mol. The number of phenolic OH excluding ortho intramolecular Hbond substituents is 1. The summed E-state index contributed by atoms with van der Waals surface area (Å²) in [5.41, 5.74) is 5.44. The van der Waals surface area contributed by atoms with Crippen molar-refractivity contribution in [3.8, 4) is 5.75 Å². The third-order valence-corrected chi connectivity index (χ3v) is 2.06. The van der Waals surface area contributed by atoms with E-state index in [1.807, 2.05) is 0 Å². The van der Waals surface area contributed by atoms with Crippen LogP contribution in [0.25, 0.3) is 0 Å². The summed E-state index contributed by atoms with van der Waals surface area (Å²) >= 11 is 5.55. The van der Waals surface area contributed by atoms with Crippen LogP contribution in [0.4, 0.5) is 4.39 Å². The van der Waals surface area contributed by atoms with E-state index in [0.717, 1.165) is 12.1 Å². The van der Waals surface area contributed by atoms with Gasteiger partial charge in [0.05, 0.1) is 17.7 Å². The molecule has 0 bridgehead atoms. The first-order chi connectivity index (χ1) is 6.07. The van der Waals surface area contributed by atoms with Crippen LogP contribution >= 0.6 is 11.6 Å². The van der Waals surface area contributed by atoms with Gasteiger partial charge in [-0.3, -0.25) is 0 Å². The van der Waals surface area contributed by atoms with Gasteiger partial charge < -0.3 is 15.9 Å². The predicted octanol–water partition coefficient (Wildman–Crippen LogP) is 1.18. The number of aliphatic hydroxyl groups is 1. The van der Waals surface area contributed by atoms with Crippen LogP contribution in [-0.4, -0.2) is 16.8 Å². The molecule has 0 aliphatic carbocycles. The van der Waals surface area contributed by atoms with Crippen molar-refractivity contribution in [1.82, 2.24) is 0 Å². The fourth-order valence-electron chi connectivity index (χ4n) is 1.00. The molecule has 5 heteroatoms. The maximum absolute atomic E-state index is 12.9. The fraction of sp³-hybridized carbons (Fsp3) is 0.250. The molecule has 0 saturated carbocycles. The van der Waals surface area contributed by atoms with Gasteiger partial charge in [-0.05, 0) is 12.1 Å². The van der Waals surface area contributed by atoms with Crippen LogP contribution in [0.5, 0.6) is 5.75 Å². The van der Waals surface area contributed by atoms with Crippen LogP contribution in [0.2, 0.25) is 5.02 Å². The first kappa shape index (κ1) is 10.2. The Labute approximate surface area is 79.6 Å². The number of phenols is 1. The molecule has 1 aromatic rings. The van der Waals surface area contributed by atoms with E-state index < -0.39 is 18.5 Å². The summed E-state index contributed by atoms with van der Waals surface area (Å²) in [4.78, 5) is 0. The smallest absolute Gasteiger partial charge is 0.142 e. The number of benzene rings is 1. The van der Waals surface area contributed by atoms with E-state index in [2.05, 4.69) is 0 Å². The van der Waals surface area contributed by atoms with Gasteiger partial charge in [-0.25, -0.2) is 4.39 Å². The molecule has 0 aromatic heterocycles. The fourth-order valence-corrected chi connectivity index (χ4v) is 1.30. The van der Waals surface area contributed by atoms with Crippen LogP contribution in [0.15, 0.2) is 12.1 Å². The quantitative estimate of drug-likeness (QED) is 0.679. The Morgan fingerprint density at radius 2 is 2.15 bits per heavy atom. The molecule has 0 fully saturated rings. The molecule has 0 spiro atoms. The van der Waals surface area contributed by atoms with Crippen LogP contribution in [0, 0.1) is 5.82 Å². The van der Waals surface area contributed by atoms with E-state index in [0.29, 0.717) is 0 Å². The largest absolute Gasteiger partial charge is 0.508 e. The second kappa shape index (κ2) is 3.91. The molecule has 0 saturated heterocycles. The number of hydrogen-bond acceptors (Lipinski definition) is 3. The van der Waals surface area contributed by atoms with Gasteiger partial charge in [0.1, 0.15) is 11.6 Å². The molecule has 0 aliphatic heterocycles. The maximum atomic E-state index is 12.9. The molecule has 0 amide bonds. The van der Waals surface area contributed by atoms with Crippen LogP contribution in [0.1, 0.15) is 11.6 Å². The second-order valence-corrected chi connectivity index (χ2v) is 2.96. The SMILES string of the molecule is NC(CO)c1c(O)ccc(F)c1Cl. The Bertz CT molecular complexity index is 319. The normalized spacial score (nSPS) is 12.9. The molecule has 3 nitrogen and oxygen atoms in total. The summed E-state index contributed by atoms with van der Waals surface area (Å²) in [6.07, 6.45) is 0. The molecule has 0 aliphatic rings. The van der Waals surface area contributed by atoms with E-state index in [1.54, 1.807) is 0 Å². The highest BCUT2D eigenvalue weighted by Crippen LogP contribution is 2.31. The van der Waals surface area contributed by atoms with Crippen molar-refractivity contribution < 1.29 is 14.6 Å². The maximum Gasteiger partial charge on any atom is 0.142 e. The van der Waals surface area contributed by atoms with Crippen molar-refractivity contribution >= 4 is 11.6 Å². The average Bonchev–Trinajstić information content (AvgIpc) is 2.12. The Morgan fingerprint density at radius 3 is 2.69 bits per heavy atom. The minimum atomic E-state index is -0.872. The molecule has 13 heavy (non-hydrogen) atoms. The third-order valence-electron chi connectivity index (χ3n) is 1.68. The highest BCUT2D eigenvalue weighted by atomic mass is 35.5. The number of halogens is 2. The summed E-state index contributed by atoms with van der Waals surface area (Å²) in [5, 5.41) is 17.7. The van der Waals surface area contributed by atoms with Crippen LogP contribution in [-0.2, 0) is 0 Å². The number of nitrogens with two attached hydrogens (primary N) is 1. The van der Waals surface area contributed by atoms with Crippen molar-refractivity contribution in [2.45, 2.75) is 6.04 Å². The van der Waals surface area contributed by atoms with Gasteiger partial charge in [-0.2, -0.15) is 0 Å². The monoisotopic (exact) mass is 205 g/mol. The van der Waals surface area contributed by atoms with Crippen molar-refractivity contribution in [3.05, 3.63) is 28.5 Å². The zero-order valence-electron chi connectivity index (χ0n) is 6.67. The van der Waals surface area contributed by atoms with Crippen LogP contribution < -0.4 is 5.73 Å². The first-order valence-corrected chi connectivity index (χ1v) is 3.99. The van der Waals surface area contributed by atoms with Crippen LogP contribution in [0.3, 0.4) is 0 Å². The Hall–Kier alpha value is -0.840. The molecule has 1 rings (SSSR count). The first-order valence-electron chi connectivity index (χ1n) is 3.61. The zero-order chi connectivity index (χ0) is 10.0. The molecule has 0 radical (unpaired) electrons. The standard InChI is InChI=1S/C8H9ClFNO2/c9-8-4(10)1-2-6(13)7(8)5(11)3-12/h1-2,5,12-13H,3,11H2. The zero-order valence-corrected chi connectivity index (χ0v) is 7.42. The Balaban J connectivity index is 3.25. The lowest BCUT2D eigenvalue weighted by Gasteiger charge is -2.12. The highest BCUT2D eigenvalue weighted by molar-refractivity contribution is 6.31. The molecule has 1 aromatic carbocycles. The lowest BCUT2D eigenvalue weighted by atomic mass is 10.1. The molecule has 4 N–H and O–H groups in total. The summed E-state index contributed by atoms with van der Waals surface area (Å²) in [5.74, 6) is -0.883. The summed E-state index contributed by atoms with van der Waals surface area (Å²) in [6.45, 7) is -0.406. The van der Waals surface area contributed by atoms with Gasteiger partial charge >= 0.3 is 0 Å². The minimum Gasteiger partial charge on any atom is -0.508 e. The van der Waals surface area contributed by atoms with Crippen molar-refractivity contribution in [2.24, 2.45) is 5.73 Å². The highest BCUT2D eigenvalue weighted by Gasteiger charge is 2.16. The Kier molecular flexibility index (Phi) is 3.08. The van der Waals surface area contributed by atoms with Gasteiger partial charge in [0.2, 0.25) is 0 Å². The summed E-state index contributed by atoms with van der Waals surface area (Å²) in [7, 11) is 0. The topological polar surface area (TPSA) is 66.5 Å². The number of aromatic hydroxyl groups is 1. The summed E-state index contributed by atoms with van der Waals surface area (Å²) in [6, 6.07) is 1.31. The lowest BCUT2D eigenvalue weighted by molar-refractivity contribution is 0.265. The van der Waals surface area contributed by atoms with E-state index in [1.165, 1.54) is 0 Å². The van der Waals surface area contributed by atoms with Gasteiger partial charge in [0, 0.05) is 5.56 Å². The number of rotatable bonds is 2. The number of aliphatic hydroxyl groups excluding tert-OH is 1. The molecule has 1 unspecified atom stereocenters. The summed E-state index contributed by atoms with van der Waals surface area (Å²) < 4.78 is 12.9.